The summed E-state index contributed by atoms with van der Waals surface area (Å²) in [5.74, 6) is 6.04. The molecule has 1 unspecified atom stereocenters. The second kappa shape index (κ2) is 4.57. The van der Waals surface area contributed by atoms with Gasteiger partial charge < -0.3 is 5.11 Å². The van der Waals surface area contributed by atoms with Crippen LogP contribution >= 0.6 is 11.8 Å². The number of hydrogen-bond acceptors (Lipinski definition) is 2. The molecule has 13 heavy (non-hydrogen) atoms. The predicted octanol–water partition coefficient (Wildman–Crippen LogP) is 2.14. The first-order chi connectivity index (χ1) is 6.21. The maximum Gasteiger partial charge on any atom is 0.319 e. The average Bonchev–Trinajstić information content (AvgIpc) is 2.55. The number of rotatable bonds is 3. The Labute approximate surface area is 83.1 Å². The minimum absolute atomic E-state index is 0.524. The first-order valence-corrected chi connectivity index (χ1v) is 5.47. The van der Waals surface area contributed by atoms with Crippen molar-refractivity contribution in [1.82, 2.24) is 0 Å². The minimum atomic E-state index is -0.659. The van der Waals surface area contributed by atoms with Crippen LogP contribution in [0, 0.1) is 11.8 Å². The van der Waals surface area contributed by atoms with E-state index in [1.165, 1.54) is 0 Å². The molecule has 0 aliphatic carbocycles. The molecule has 1 rings (SSSR count). The van der Waals surface area contributed by atoms with Crippen molar-refractivity contribution in [3.63, 3.8) is 0 Å². The monoisotopic (exact) mass is 198 g/mol. The lowest BCUT2D eigenvalue weighted by atomic mass is 9.97. The highest BCUT2D eigenvalue weighted by Gasteiger charge is 2.41. The van der Waals surface area contributed by atoms with Crippen LogP contribution in [0.5, 0.6) is 0 Å². The second-order valence-corrected chi connectivity index (χ2v) is 4.66. The van der Waals surface area contributed by atoms with Crippen molar-refractivity contribution in [2.24, 2.45) is 0 Å². The van der Waals surface area contributed by atoms with Crippen molar-refractivity contribution in [2.75, 3.05) is 5.75 Å². The van der Waals surface area contributed by atoms with Gasteiger partial charge in [-0.05, 0) is 31.9 Å². The van der Waals surface area contributed by atoms with Crippen LogP contribution in [-0.4, -0.2) is 21.6 Å². The van der Waals surface area contributed by atoms with Crippen LogP contribution in [0.1, 0.15) is 32.6 Å². The Balaban J connectivity index is 2.55. The van der Waals surface area contributed by atoms with Crippen molar-refractivity contribution in [3.05, 3.63) is 0 Å². The van der Waals surface area contributed by atoms with Crippen molar-refractivity contribution >= 4 is 17.7 Å². The summed E-state index contributed by atoms with van der Waals surface area (Å²) < 4.78 is -0.524. The molecule has 0 amide bonds. The van der Waals surface area contributed by atoms with E-state index in [2.05, 4.69) is 11.8 Å². The lowest BCUT2D eigenvalue weighted by Crippen LogP contribution is -2.31. The Hall–Kier alpha value is -0.620. The summed E-state index contributed by atoms with van der Waals surface area (Å²) in [7, 11) is 0. The van der Waals surface area contributed by atoms with E-state index in [4.69, 9.17) is 5.11 Å². The van der Waals surface area contributed by atoms with E-state index in [0.29, 0.717) is 12.8 Å². The topological polar surface area (TPSA) is 37.3 Å². The number of carboxylic acid groups (broad SMARTS) is 1. The average molecular weight is 198 g/mol. The molecule has 0 aromatic rings. The Kier molecular flexibility index (Phi) is 3.68. The lowest BCUT2D eigenvalue weighted by molar-refractivity contribution is -0.140. The Morgan fingerprint density at radius 1 is 1.69 bits per heavy atom. The van der Waals surface area contributed by atoms with Crippen molar-refractivity contribution in [2.45, 2.75) is 37.4 Å². The molecule has 2 nitrogen and oxygen atoms in total. The van der Waals surface area contributed by atoms with Gasteiger partial charge in [0.1, 0.15) is 4.75 Å². The zero-order valence-corrected chi connectivity index (χ0v) is 8.62. The van der Waals surface area contributed by atoms with Gasteiger partial charge in [-0.2, -0.15) is 0 Å². The molecule has 0 aromatic carbocycles. The van der Waals surface area contributed by atoms with Crippen molar-refractivity contribution in [1.29, 1.82) is 0 Å². The molecule has 1 heterocycles. The summed E-state index contributed by atoms with van der Waals surface area (Å²) in [5, 5.41) is 9.09. The number of carboxylic acids is 1. The normalized spacial score (nSPS) is 26.5. The van der Waals surface area contributed by atoms with E-state index >= 15 is 0 Å². The van der Waals surface area contributed by atoms with Gasteiger partial charge in [-0.15, -0.1) is 23.6 Å². The third-order valence-corrected chi connectivity index (χ3v) is 3.95. The molecule has 0 bridgehead atoms. The highest BCUT2D eigenvalue weighted by molar-refractivity contribution is 8.01. The van der Waals surface area contributed by atoms with E-state index in [1.807, 2.05) is 0 Å². The fraction of sp³-hybridized carbons (Fsp3) is 0.700. The van der Waals surface area contributed by atoms with Gasteiger partial charge in [0.25, 0.3) is 0 Å². The first-order valence-electron chi connectivity index (χ1n) is 4.48. The summed E-state index contributed by atoms with van der Waals surface area (Å²) in [5.41, 5.74) is 0. The van der Waals surface area contributed by atoms with Gasteiger partial charge in [0, 0.05) is 6.42 Å². The number of aliphatic carboxylic acids is 1. The van der Waals surface area contributed by atoms with Crippen LogP contribution in [0.4, 0.5) is 0 Å². The molecule has 0 radical (unpaired) electrons. The molecule has 0 saturated carbocycles. The Morgan fingerprint density at radius 2 is 2.46 bits per heavy atom. The quantitative estimate of drug-likeness (QED) is 0.706. The molecule has 3 heteroatoms. The second-order valence-electron chi connectivity index (χ2n) is 3.18. The highest BCUT2D eigenvalue weighted by Crippen LogP contribution is 2.41. The van der Waals surface area contributed by atoms with E-state index in [9.17, 15) is 4.79 Å². The number of thioether (sulfide) groups is 1. The Bertz CT molecular complexity index is 243. The van der Waals surface area contributed by atoms with Gasteiger partial charge in [0.05, 0.1) is 0 Å². The summed E-state index contributed by atoms with van der Waals surface area (Å²) >= 11 is 1.58. The maximum atomic E-state index is 11.0. The third-order valence-electron chi connectivity index (χ3n) is 2.32. The van der Waals surface area contributed by atoms with E-state index in [0.717, 1.165) is 18.6 Å². The summed E-state index contributed by atoms with van der Waals surface area (Å²) in [4.78, 5) is 11.0. The van der Waals surface area contributed by atoms with Gasteiger partial charge in [0.15, 0.2) is 0 Å². The molecule has 1 saturated heterocycles. The Morgan fingerprint density at radius 3 is 2.92 bits per heavy atom. The van der Waals surface area contributed by atoms with E-state index < -0.39 is 10.7 Å². The van der Waals surface area contributed by atoms with Gasteiger partial charge in [-0.25, -0.2) is 0 Å². The van der Waals surface area contributed by atoms with Crippen molar-refractivity contribution < 1.29 is 9.90 Å². The molecular weight excluding hydrogens is 184 g/mol. The molecule has 1 aliphatic rings. The fourth-order valence-corrected chi connectivity index (χ4v) is 2.90. The molecular formula is C10H14O2S. The number of hydrogen-bond donors (Lipinski definition) is 1. The molecule has 1 atom stereocenters. The molecule has 0 aromatic heterocycles. The highest BCUT2D eigenvalue weighted by atomic mass is 32.2. The lowest BCUT2D eigenvalue weighted by Gasteiger charge is -2.21. The van der Waals surface area contributed by atoms with Crippen LogP contribution in [0.15, 0.2) is 0 Å². The predicted molar refractivity (Wildman–Crippen MR) is 54.7 cm³/mol. The molecule has 1 aliphatic heterocycles. The summed E-state index contributed by atoms with van der Waals surface area (Å²) in [6.45, 7) is 1.79. The largest absolute Gasteiger partial charge is 0.480 e. The van der Waals surface area contributed by atoms with Crippen LogP contribution in [-0.2, 0) is 4.79 Å². The molecule has 72 valence electrons. The summed E-state index contributed by atoms with van der Waals surface area (Å²) in [6, 6.07) is 0. The first kappa shape index (κ1) is 10.5. The summed E-state index contributed by atoms with van der Waals surface area (Å²) in [6.07, 6.45) is 3.22. The van der Waals surface area contributed by atoms with Crippen LogP contribution < -0.4 is 0 Å². The molecule has 1 fully saturated rings. The van der Waals surface area contributed by atoms with Crippen LogP contribution in [0.3, 0.4) is 0 Å². The van der Waals surface area contributed by atoms with E-state index in [-0.39, 0.29) is 0 Å². The zero-order valence-electron chi connectivity index (χ0n) is 7.80. The minimum Gasteiger partial charge on any atom is -0.480 e. The SMILES string of the molecule is CC#CCCC1(C(=O)O)CCCS1. The standard InChI is InChI=1S/C10H14O2S/c1-2-3-4-6-10(9(11)12)7-5-8-13-10/h4-8H2,1H3,(H,11,12). The van der Waals surface area contributed by atoms with Gasteiger partial charge >= 0.3 is 5.97 Å². The maximum absolute atomic E-state index is 11.0. The van der Waals surface area contributed by atoms with Crippen LogP contribution in [0.2, 0.25) is 0 Å². The molecule has 1 N–H and O–H groups in total. The molecule has 0 spiro atoms. The van der Waals surface area contributed by atoms with Crippen molar-refractivity contribution in [3.8, 4) is 11.8 Å². The van der Waals surface area contributed by atoms with Gasteiger partial charge in [-0.3, -0.25) is 4.79 Å². The number of carbonyl (C=O) groups is 1. The van der Waals surface area contributed by atoms with Gasteiger partial charge in [-0.1, -0.05) is 0 Å². The van der Waals surface area contributed by atoms with E-state index in [1.54, 1.807) is 18.7 Å². The van der Waals surface area contributed by atoms with Crippen LogP contribution in [0.25, 0.3) is 0 Å². The van der Waals surface area contributed by atoms with Gasteiger partial charge in [0.2, 0.25) is 0 Å². The fourth-order valence-electron chi connectivity index (χ4n) is 1.56. The third kappa shape index (κ3) is 2.41. The zero-order chi connectivity index (χ0) is 9.73. The smallest absolute Gasteiger partial charge is 0.319 e.